The van der Waals surface area contributed by atoms with Crippen LogP contribution < -0.4 is 5.32 Å². The summed E-state index contributed by atoms with van der Waals surface area (Å²) in [5, 5.41) is 3.40. The van der Waals surface area contributed by atoms with E-state index in [4.69, 9.17) is 4.74 Å². The highest BCUT2D eigenvalue weighted by Gasteiger charge is 2.41. The third-order valence-electron chi connectivity index (χ3n) is 3.10. The molecule has 1 N–H and O–H groups in total. The number of hydrogen-bond acceptors (Lipinski definition) is 2. The van der Waals surface area contributed by atoms with Gasteiger partial charge in [0.25, 0.3) is 0 Å². The highest BCUT2D eigenvalue weighted by Crippen LogP contribution is 2.44. The van der Waals surface area contributed by atoms with E-state index < -0.39 is 0 Å². The van der Waals surface area contributed by atoms with Gasteiger partial charge < -0.3 is 10.1 Å². The van der Waals surface area contributed by atoms with Gasteiger partial charge in [-0.05, 0) is 17.5 Å². The van der Waals surface area contributed by atoms with E-state index in [0.29, 0.717) is 11.8 Å². The summed E-state index contributed by atoms with van der Waals surface area (Å²) < 4.78 is 5.66. The van der Waals surface area contributed by atoms with E-state index in [1.807, 2.05) is 0 Å². The molecule has 1 aromatic carbocycles. The van der Waals surface area contributed by atoms with Gasteiger partial charge in [-0.1, -0.05) is 25.1 Å². The Bertz CT molecular complexity index is 337. The van der Waals surface area contributed by atoms with Crippen LogP contribution in [-0.2, 0) is 4.74 Å². The summed E-state index contributed by atoms with van der Waals surface area (Å²) in [5.74, 6) is 1.21. The van der Waals surface area contributed by atoms with E-state index in [2.05, 4.69) is 36.5 Å². The number of hydrogen-bond donors (Lipinski definition) is 1. The summed E-state index contributed by atoms with van der Waals surface area (Å²) in [6, 6.07) is 8.51. The number of ether oxygens (including phenoxy) is 1. The lowest BCUT2D eigenvalue weighted by atomic mass is 9.90. The van der Waals surface area contributed by atoms with E-state index in [1.165, 1.54) is 11.3 Å². The predicted molar refractivity (Wildman–Crippen MR) is 51.7 cm³/mol. The van der Waals surface area contributed by atoms with E-state index >= 15 is 0 Å². The van der Waals surface area contributed by atoms with Crippen molar-refractivity contribution in [1.82, 2.24) is 0 Å². The first kappa shape index (κ1) is 7.39. The van der Waals surface area contributed by atoms with Crippen LogP contribution >= 0.6 is 0 Å². The first-order valence-electron chi connectivity index (χ1n) is 4.83. The van der Waals surface area contributed by atoms with Crippen molar-refractivity contribution >= 4 is 5.69 Å². The fraction of sp³-hybridized carbons (Fsp3) is 0.455. The molecular weight excluding hydrogens is 162 g/mol. The van der Waals surface area contributed by atoms with Crippen LogP contribution in [0.3, 0.4) is 0 Å². The molecule has 68 valence electrons. The topological polar surface area (TPSA) is 21.3 Å². The second-order valence-electron chi connectivity index (χ2n) is 3.99. The SMILES string of the molecule is CC1COC2Nc3ccccc3C12. The quantitative estimate of drug-likeness (QED) is 0.652. The average molecular weight is 175 g/mol. The van der Waals surface area contributed by atoms with E-state index in [1.54, 1.807) is 0 Å². The first-order valence-corrected chi connectivity index (χ1v) is 4.83. The molecule has 13 heavy (non-hydrogen) atoms. The minimum Gasteiger partial charge on any atom is -0.359 e. The molecular formula is C11H13NO. The number of rotatable bonds is 0. The van der Waals surface area contributed by atoms with Crippen molar-refractivity contribution in [3.8, 4) is 0 Å². The number of anilines is 1. The van der Waals surface area contributed by atoms with Gasteiger partial charge in [-0.3, -0.25) is 0 Å². The van der Waals surface area contributed by atoms with Gasteiger partial charge in [0.2, 0.25) is 0 Å². The number of fused-ring (bicyclic) bond motifs is 3. The molecule has 2 heterocycles. The molecule has 0 amide bonds. The Labute approximate surface area is 77.9 Å². The summed E-state index contributed by atoms with van der Waals surface area (Å²) in [6.07, 6.45) is 0.229. The Kier molecular flexibility index (Phi) is 1.41. The van der Waals surface area contributed by atoms with E-state index in [-0.39, 0.29) is 6.23 Å². The molecule has 0 aliphatic carbocycles. The van der Waals surface area contributed by atoms with Gasteiger partial charge in [0.15, 0.2) is 0 Å². The lowest BCUT2D eigenvalue weighted by molar-refractivity contribution is 0.125. The van der Waals surface area contributed by atoms with Crippen LogP contribution in [0.5, 0.6) is 0 Å². The molecule has 0 bridgehead atoms. The van der Waals surface area contributed by atoms with Crippen LogP contribution in [0.1, 0.15) is 18.4 Å². The van der Waals surface area contributed by atoms with Crippen LogP contribution in [0.2, 0.25) is 0 Å². The van der Waals surface area contributed by atoms with E-state index in [9.17, 15) is 0 Å². The maximum atomic E-state index is 5.66. The zero-order chi connectivity index (χ0) is 8.84. The molecule has 3 atom stereocenters. The van der Waals surface area contributed by atoms with Gasteiger partial charge in [0, 0.05) is 11.6 Å². The molecule has 2 heteroatoms. The molecule has 0 spiro atoms. The van der Waals surface area contributed by atoms with Crippen molar-refractivity contribution in [2.24, 2.45) is 5.92 Å². The Morgan fingerprint density at radius 1 is 1.38 bits per heavy atom. The van der Waals surface area contributed by atoms with Crippen molar-refractivity contribution in [2.75, 3.05) is 11.9 Å². The van der Waals surface area contributed by atoms with Crippen molar-refractivity contribution < 1.29 is 4.74 Å². The molecule has 2 aliphatic heterocycles. The molecule has 3 unspecified atom stereocenters. The van der Waals surface area contributed by atoms with Gasteiger partial charge in [-0.15, -0.1) is 0 Å². The van der Waals surface area contributed by atoms with Crippen molar-refractivity contribution in [2.45, 2.75) is 19.1 Å². The standard InChI is InChI=1S/C11H13NO/c1-7-6-13-11-10(7)8-4-2-3-5-9(8)12-11/h2-5,7,10-12H,6H2,1H3. The Balaban J connectivity index is 2.08. The van der Waals surface area contributed by atoms with Gasteiger partial charge in [-0.25, -0.2) is 0 Å². The Hall–Kier alpha value is -1.02. The largest absolute Gasteiger partial charge is 0.359 e. The summed E-state index contributed by atoms with van der Waals surface area (Å²) in [4.78, 5) is 0. The lowest BCUT2D eigenvalue weighted by Crippen LogP contribution is -2.17. The monoisotopic (exact) mass is 175 g/mol. The number of nitrogens with one attached hydrogen (secondary N) is 1. The minimum absolute atomic E-state index is 0.229. The highest BCUT2D eigenvalue weighted by atomic mass is 16.5. The molecule has 1 fully saturated rings. The van der Waals surface area contributed by atoms with Crippen LogP contribution in [0, 0.1) is 5.92 Å². The molecule has 2 aliphatic rings. The van der Waals surface area contributed by atoms with Gasteiger partial charge in [-0.2, -0.15) is 0 Å². The highest BCUT2D eigenvalue weighted by molar-refractivity contribution is 5.59. The van der Waals surface area contributed by atoms with Crippen LogP contribution in [0.15, 0.2) is 24.3 Å². The third-order valence-corrected chi connectivity index (χ3v) is 3.10. The maximum absolute atomic E-state index is 5.66. The first-order chi connectivity index (χ1) is 6.36. The number of para-hydroxylation sites is 1. The zero-order valence-corrected chi connectivity index (χ0v) is 7.66. The van der Waals surface area contributed by atoms with E-state index in [0.717, 1.165) is 6.61 Å². The van der Waals surface area contributed by atoms with Gasteiger partial charge in [0.05, 0.1) is 6.61 Å². The lowest BCUT2D eigenvalue weighted by Gasteiger charge is -2.11. The zero-order valence-electron chi connectivity index (χ0n) is 7.66. The smallest absolute Gasteiger partial charge is 0.135 e. The van der Waals surface area contributed by atoms with Crippen LogP contribution in [0.4, 0.5) is 5.69 Å². The Morgan fingerprint density at radius 3 is 3.15 bits per heavy atom. The summed E-state index contributed by atoms with van der Waals surface area (Å²) in [6.45, 7) is 3.14. The second-order valence-corrected chi connectivity index (χ2v) is 3.99. The summed E-state index contributed by atoms with van der Waals surface area (Å²) in [7, 11) is 0. The van der Waals surface area contributed by atoms with Crippen LogP contribution in [0.25, 0.3) is 0 Å². The molecule has 0 radical (unpaired) electrons. The molecule has 3 rings (SSSR count). The summed E-state index contributed by atoms with van der Waals surface area (Å²) in [5.41, 5.74) is 2.68. The average Bonchev–Trinajstić information content (AvgIpc) is 2.66. The summed E-state index contributed by atoms with van der Waals surface area (Å²) >= 11 is 0. The molecule has 0 aromatic heterocycles. The predicted octanol–water partition coefficient (Wildman–Crippen LogP) is 2.19. The van der Waals surface area contributed by atoms with Crippen LogP contribution in [-0.4, -0.2) is 12.8 Å². The van der Waals surface area contributed by atoms with Crippen molar-refractivity contribution in [3.05, 3.63) is 29.8 Å². The van der Waals surface area contributed by atoms with Gasteiger partial charge >= 0.3 is 0 Å². The minimum atomic E-state index is 0.229. The van der Waals surface area contributed by atoms with Gasteiger partial charge in [0.1, 0.15) is 6.23 Å². The normalized spacial score (nSPS) is 35.3. The van der Waals surface area contributed by atoms with Crippen molar-refractivity contribution in [1.29, 1.82) is 0 Å². The molecule has 2 nitrogen and oxygen atoms in total. The fourth-order valence-corrected chi connectivity index (χ4v) is 2.43. The fourth-order valence-electron chi connectivity index (χ4n) is 2.43. The Morgan fingerprint density at radius 2 is 2.23 bits per heavy atom. The molecule has 1 saturated heterocycles. The molecule has 1 aromatic rings. The van der Waals surface area contributed by atoms with Crippen molar-refractivity contribution in [3.63, 3.8) is 0 Å². The maximum Gasteiger partial charge on any atom is 0.135 e. The molecule has 0 saturated carbocycles. The number of benzene rings is 1. The second kappa shape index (κ2) is 2.48. The third kappa shape index (κ3) is 0.923.